The normalized spacial score (nSPS) is 14.1. The summed E-state index contributed by atoms with van der Waals surface area (Å²) in [4.78, 5) is 2.12. The van der Waals surface area contributed by atoms with E-state index >= 15 is 0 Å². The zero-order valence-electron chi connectivity index (χ0n) is 12.4. The van der Waals surface area contributed by atoms with Crippen molar-refractivity contribution in [1.82, 2.24) is 4.90 Å². The highest BCUT2D eigenvalue weighted by atomic mass is 16.3. The van der Waals surface area contributed by atoms with Crippen LogP contribution in [-0.2, 0) is 13.1 Å². The molecule has 0 aliphatic heterocycles. The average Bonchev–Trinajstić information content (AvgIpc) is 2.49. The summed E-state index contributed by atoms with van der Waals surface area (Å²) < 4.78 is 0. The number of hydrogen-bond donors (Lipinski definition) is 2. The Kier molecular flexibility index (Phi) is 5.93. The van der Waals surface area contributed by atoms with Crippen LogP contribution in [0.5, 0.6) is 0 Å². The summed E-state index contributed by atoms with van der Waals surface area (Å²) >= 11 is 0. The van der Waals surface area contributed by atoms with E-state index in [4.69, 9.17) is 0 Å². The minimum Gasteiger partial charge on any atom is -0.395 e. The highest BCUT2D eigenvalue weighted by molar-refractivity contribution is 5.17. The van der Waals surface area contributed by atoms with Crippen LogP contribution in [0.1, 0.15) is 18.1 Å². The summed E-state index contributed by atoms with van der Waals surface area (Å²) in [6.07, 6.45) is -0.581. The maximum absolute atomic E-state index is 9.94. The van der Waals surface area contributed by atoms with E-state index in [0.29, 0.717) is 13.1 Å². The summed E-state index contributed by atoms with van der Waals surface area (Å²) in [5, 5.41) is 19.6. The lowest BCUT2D eigenvalue weighted by molar-refractivity contribution is 0.0165. The molecule has 0 aliphatic rings. The molecule has 0 saturated carbocycles. The minimum atomic E-state index is -0.581. The molecule has 2 atom stereocenters. The van der Waals surface area contributed by atoms with Crippen molar-refractivity contribution in [1.29, 1.82) is 0 Å². The van der Waals surface area contributed by atoms with Crippen LogP contribution in [0.25, 0.3) is 0 Å². The lowest BCUT2D eigenvalue weighted by Crippen LogP contribution is -2.44. The van der Waals surface area contributed by atoms with Crippen molar-refractivity contribution in [3.63, 3.8) is 0 Å². The van der Waals surface area contributed by atoms with Crippen molar-refractivity contribution in [2.45, 2.75) is 32.2 Å². The molecule has 0 aliphatic carbocycles. The number of nitrogens with zero attached hydrogens (tertiary/aromatic N) is 1. The predicted molar refractivity (Wildman–Crippen MR) is 84.7 cm³/mol. The molecule has 0 heterocycles. The Morgan fingerprint density at radius 2 is 1.29 bits per heavy atom. The third kappa shape index (κ3) is 4.67. The molecule has 0 bridgehead atoms. The molecule has 3 nitrogen and oxygen atoms in total. The molecule has 0 amide bonds. The van der Waals surface area contributed by atoms with Crippen LogP contribution in [0, 0.1) is 0 Å². The van der Waals surface area contributed by atoms with E-state index in [1.165, 1.54) is 11.1 Å². The van der Waals surface area contributed by atoms with Crippen LogP contribution in [-0.4, -0.2) is 33.9 Å². The van der Waals surface area contributed by atoms with E-state index in [2.05, 4.69) is 29.2 Å². The molecule has 0 aromatic heterocycles. The molecule has 0 fully saturated rings. The maximum atomic E-state index is 9.94. The van der Waals surface area contributed by atoms with E-state index in [0.717, 1.165) is 0 Å². The van der Waals surface area contributed by atoms with Crippen LogP contribution in [0.3, 0.4) is 0 Å². The summed E-state index contributed by atoms with van der Waals surface area (Å²) in [7, 11) is 0. The lowest BCUT2D eigenvalue weighted by Gasteiger charge is -2.32. The predicted octanol–water partition coefficient (Wildman–Crippen LogP) is 2.43. The van der Waals surface area contributed by atoms with Crippen LogP contribution in [0.2, 0.25) is 0 Å². The standard InChI is InChI=1S/C18H23NO2/c1-15(21)18(14-20)19(12-16-8-4-2-5-9-16)13-17-10-6-3-7-11-17/h2-11,15,18,20-21H,12-14H2,1H3. The van der Waals surface area contributed by atoms with Gasteiger partial charge in [0, 0.05) is 13.1 Å². The van der Waals surface area contributed by atoms with Gasteiger partial charge in [0.05, 0.1) is 18.8 Å². The number of rotatable bonds is 7. The van der Waals surface area contributed by atoms with E-state index in [1.54, 1.807) is 6.92 Å². The highest BCUT2D eigenvalue weighted by Gasteiger charge is 2.22. The van der Waals surface area contributed by atoms with Gasteiger partial charge in [0.1, 0.15) is 0 Å². The number of hydrogen-bond acceptors (Lipinski definition) is 3. The second kappa shape index (κ2) is 7.93. The number of aliphatic hydroxyl groups excluding tert-OH is 2. The quantitative estimate of drug-likeness (QED) is 0.821. The molecule has 2 rings (SSSR count). The van der Waals surface area contributed by atoms with Gasteiger partial charge in [0.15, 0.2) is 0 Å². The first-order valence-corrected chi connectivity index (χ1v) is 7.31. The Hall–Kier alpha value is -1.68. The maximum Gasteiger partial charge on any atom is 0.0689 e. The molecule has 112 valence electrons. The van der Waals surface area contributed by atoms with Crippen molar-refractivity contribution < 1.29 is 10.2 Å². The van der Waals surface area contributed by atoms with Crippen LogP contribution < -0.4 is 0 Å². The van der Waals surface area contributed by atoms with Gasteiger partial charge in [-0.1, -0.05) is 60.7 Å². The molecular formula is C18H23NO2. The van der Waals surface area contributed by atoms with Gasteiger partial charge in [-0.2, -0.15) is 0 Å². The van der Waals surface area contributed by atoms with Gasteiger partial charge in [0.2, 0.25) is 0 Å². The van der Waals surface area contributed by atoms with E-state index < -0.39 is 6.10 Å². The van der Waals surface area contributed by atoms with Gasteiger partial charge in [-0.15, -0.1) is 0 Å². The first kappa shape index (κ1) is 15.7. The molecule has 2 N–H and O–H groups in total. The van der Waals surface area contributed by atoms with E-state index in [9.17, 15) is 10.2 Å². The lowest BCUT2D eigenvalue weighted by atomic mass is 10.1. The summed E-state index contributed by atoms with van der Waals surface area (Å²) in [5.74, 6) is 0. The zero-order valence-corrected chi connectivity index (χ0v) is 12.4. The summed E-state index contributed by atoms with van der Waals surface area (Å²) in [6.45, 7) is 3.07. The van der Waals surface area contributed by atoms with Crippen molar-refractivity contribution in [3.8, 4) is 0 Å². The average molecular weight is 285 g/mol. The number of benzene rings is 2. The Morgan fingerprint density at radius 1 is 0.857 bits per heavy atom. The van der Waals surface area contributed by atoms with Crippen LogP contribution in [0.4, 0.5) is 0 Å². The largest absolute Gasteiger partial charge is 0.395 e. The first-order chi connectivity index (χ1) is 10.2. The molecule has 2 aromatic carbocycles. The molecule has 0 spiro atoms. The summed E-state index contributed by atoms with van der Waals surface area (Å²) in [6, 6.07) is 20.0. The third-order valence-electron chi connectivity index (χ3n) is 3.67. The second-order valence-electron chi connectivity index (χ2n) is 5.37. The molecule has 21 heavy (non-hydrogen) atoms. The molecule has 0 saturated heterocycles. The van der Waals surface area contributed by atoms with Crippen molar-refractivity contribution in [2.75, 3.05) is 6.61 Å². The Morgan fingerprint density at radius 3 is 1.62 bits per heavy atom. The molecule has 0 radical (unpaired) electrons. The van der Waals surface area contributed by atoms with Crippen LogP contribution in [0.15, 0.2) is 60.7 Å². The van der Waals surface area contributed by atoms with Crippen molar-refractivity contribution >= 4 is 0 Å². The molecule has 2 unspecified atom stereocenters. The third-order valence-corrected chi connectivity index (χ3v) is 3.67. The molecule has 2 aromatic rings. The fraction of sp³-hybridized carbons (Fsp3) is 0.333. The smallest absolute Gasteiger partial charge is 0.0689 e. The van der Waals surface area contributed by atoms with Gasteiger partial charge in [-0.3, -0.25) is 4.90 Å². The Labute approximate surface area is 126 Å². The fourth-order valence-electron chi connectivity index (χ4n) is 2.50. The number of aliphatic hydroxyl groups is 2. The summed E-state index contributed by atoms with van der Waals surface area (Å²) in [5.41, 5.74) is 2.35. The van der Waals surface area contributed by atoms with Gasteiger partial charge in [0.25, 0.3) is 0 Å². The van der Waals surface area contributed by atoms with Gasteiger partial charge in [-0.05, 0) is 18.1 Å². The Bertz CT molecular complexity index is 472. The van der Waals surface area contributed by atoms with Gasteiger partial charge >= 0.3 is 0 Å². The molecule has 3 heteroatoms. The van der Waals surface area contributed by atoms with E-state index in [1.807, 2.05) is 36.4 Å². The van der Waals surface area contributed by atoms with Crippen molar-refractivity contribution in [3.05, 3.63) is 71.8 Å². The minimum absolute atomic E-state index is 0.0582. The fourth-order valence-corrected chi connectivity index (χ4v) is 2.50. The van der Waals surface area contributed by atoms with E-state index in [-0.39, 0.29) is 12.6 Å². The van der Waals surface area contributed by atoms with Gasteiger partial charge < -0.3 is 10.2 Å². The zero-order chi connectivity index (χ0) is 15.1. The monoisotopic (exact) mass is 285 g/mol. The first-order valence-electron chi connectivity index (χ1n) is 7.31. The topological polar surface area (TPSA) is 43.7 Å². The van der Waals surface area contributed by atoms with Crippen molar-refractivity contribution in [2.24, 2.45) is 0 Å². The SMILES string of the molecule is CC(O)C(CO)N(Cc1ccccc1)Cc1ccccc1. The van der Waals surface area contributed by atoms with Crippen LogP contribution >= 0.6 is 0 Å². The second-order valence-corrected chi connectivity index (χ2v) is 5.37. The van der Waals surface area contributed by atoms with Gasteiger partial charge in [-0.25, -0.2) is 0 Å². The Balaban J connectivity index is 2.17. The highest BCUT2D eigenvalue weighted by Crippen LogP contribution is 2.15. The molecular weight excluding hydrogens is 262 g/mol.